The lowest BCUT2D eigenvalue weighted by atomic mass is 10.00. The maximum absolute atomic E-state index is 13.4. The number of amidine groups is 1. The Morgan fingerprint density at radius 2 is 1.52 bits per heavy atom. The van der Waals surface area contributed by atoms with E-state index in [1.54, 1.807) is 30.3 Å². The summed E-state index contributed by atoms with van der Waals surface area (Å²) < 4.78 is 78.6. The molecule has 0 bridgehead atoms. The van der Waals surface area contributed by atoms with Gasteiger partial charge in [0.05, 0.1) is 24.0 Å². The highest BCUT2D eigenvalue weighted by Gasteiger charge is 2.46. The molecule has 2 heterocycles. The van der Waals surface area contributed by atoms with Crippen molar-refractivity contribution in [3.05, 3.63) is 65.7 Å². The molecular formula is C19H14F6N4. The van der Waals surface area contributed by atoms with Crippen molar-refractivity contribution in [1.82, 2.24) is 5.32 Å². The lowest BCUT2D eigenvalue weighted by molar-refractivity contribution is -0.137. The number of hydrogen-bond acceptors (Lipinski definition) is 4. The predicted octanol–water partition coefficient (Wildman–Crippen LogP) is 4.23. The molecule has 10 heteroatoms. The highest BCUT2D eigenvalue weighted by Crippen LogP contribution is 2.34. The molecule has 4 rings (SSSR count). The first-order valence-corrected chi connectivity index (χ1v) is 8.61. The summed E-state index contributed by atoms with van der Waals surface area (Å²) >= 11 is 0. The Kier molecular flexibility index (Phi) is 4.60. The van der Waals surface area contributed by atoms with E-state index in [1.807, 2.05) is 0 Å². The highest BCUT2D eigenvalue weighted by atomic mass is 19.4. The van der Waals surface area contributed by atoms with Gasteiger partial charge in [0.1, 0.15) is 6.17 Å². The first-order chi connectivity index (χ1) is 13.6. The first-order valence-electron chi connectivity index (χ1n) is 8.61. The van der Waals surface area contributed by atoms with Crippen molar-refractivity contribution in [3.8, 4) is 0 Å². The zero-order valence-electron chi connectivity index (χ0n) is 14.7. The largest absolute Gasteiger partial charge is 0.451 e. The van der Waals surface area contributed by atoms with Crippen LogP contribution in [0.25, 0.3) is 0 Å². The SMILES string of the molecule is FC(F)(F)C1=NC2C(NCN2c2ccc(C(F)(F)F)cc2)C(c2ccccc2)=N1. The average Bonchev–Trinajstić information content (AvgIpc) is 3.11. The maximum atomic E-state index is 13.4. The van der Waals surface area contributed by atoms with Gasteiger partial charge in [-0.1, -0.05) is 30.3 Å². The smallest absolute Gasteiger partial charge is 0.335 e. The summed E-state index contributed by atoms with van der Waals surface area (Å²) in [5.74, 6) is -1.27. The molecule has 2 aromatic rings. The van der Waals surface area contributed by atoms with Crippen molar-refractivity contribution in [2.24, 2.45) is 9.98 Å². The van der Waals surface area contributed by atoms with Gasteiger partial charge in [-0.25, -0.2) is 9.98 Å². The second-order valence-corrected chi connectivity index (χ2v) is 6.58. The number of nitrogens with one attached hydrogen (secondary N) is 1. The summed E-state index contributed by atoms with van der Waals surface area (Å²) in [5, 5.41) is 3.07. The Bertz CT molecular complexity index is 947. The van der Waals surface area contributed by atoms with E-state index in [0.29, 0.717) is 11.3 Å². The van der Waals surface area contributed by atoms with Gasteiger partial charge in [-0.15, -0.1) is 0 Å². The fourth-order valence-electron chi connectivity index (χ4n) is 3.37. The highest BCUT2D eigenvalue weighted by molar-refractivity contribution is 6.13. The van der Waals surface area contributed by atoms with Gasteiger partial charge in [0.25, 0.3) is 0 Å². The van der Waals surface area contributed by atoms with Crippen LogP contribution < -0.4 is 10.2 Å². The quantitative estimate of drug-likeness (QED) is 0.750. The van der Waals surface area contributed by atoms with E-state index in [4.69, 9.17) is 0 Å². The van der Waals surface area contributed by atoms with Gasteiger partial charge in [-0.3, -0.25) is 5.32 Å². The summed E-state index contributed by atoms with van der Waals surface area (Å²) in [6.07, 6.45) is -10.2. The monoisotopic (exact) mass is 412 g/mol. The topological polar surface area (TPSA) is 40.0 Å². The van der Waals surface area contributed by atoms with Crippen LogP contribution in [0.5, 0.6) is 0 Å². The summed E-state index contributed by atoms with van der Waals surface area (Å²) in [6.45, 7) is 0.112. The molecule has 2 aromatic carbocycles. The standard InChI is InChI=1S/C19H14F6N4/c20-18(21,22)12-6-8-13(9-7-12)29-10-26-15-14(11-4-2-1-3-5-11)27-17(19(23,24)25)28-16(15)29/h1-9,15-16,26H,10H2. The van der Waals surface area contributed by atoms with Crippen LogP contribution in [0.4, 0.5) is 32.0 Å². The summed E-state index contributed by atoms with van der Waals surface area (Å²) in [6, 6.07) is 12.0. The Morgan fingerprint density at radius 3 is 2.10 bits per heavy atom. The van der Waals surface area contributed by atoms with E-state index in [0.717, 1.165) is 12.1 Å². The number of fused-ring (bicyclic) bond motifs is 1. The molecule has 4 nitrogen and oxygen atoms in total. The van der Waals surface area contributed by atoms with E-state index in [1.165, 1.54) is 17.0 Å². The molecule has 0 radical (unpaired) electrons. The normalized spacial score (nSPS) is 22.2. The number of benzene rings is 2. The van der Waals surface area contributed by atoms with Gasteiger partial charge in [-0.2, -0.15) is 26.3 Å². The minimum absolute atomic E-state index is 0.112. The Hall–Kier alpha value is -2.88. The van der Waals surface area contributed by atoms with E-state index in [9.17, 15) is 26.3 Å². The van der Waals surface area contributed by atoms with Crippen molar-refractivity contribution in [3.63, 3.8) is 0 Å². The van der Waals surface area contributed by atoms with E-state index >= 15 is 0 Å². The molecule has 2 aliphatic heterocycles. The fraction of sp³-hybridized carbons (Fsp3) is 0.263. The molecule has 2 unspecified atom stereocenters. The van der Waals surface area contributed by atoms with Crippen LogP contribution in [0.1, 0.15) is 11.1 Å². The number of anilines is 1. The molecule has 1 saturated heterocycles. The number of aliphatic imine (C=N–C) groups is 2. The molecule has 0 aromatic heterocycles. The first kappa shape index (κ1) is 19.4. The summed E-state index contributed by atoms with van der Waals surface area (Å²) in [5.41, 5.74) is 0.200. The van der Waals surface area contributed by atoms with Gasteiger partial charge >= 0.3 is 12.4 Å². The van der Waals surface area contributed by atoms with Crippen molar-refractivity contribution in [2.45, 2.75) is 24.6 Å². The van der Waals surface area contributed by atoms with Gasteiger partial charge < -0.3 is 4.90 Å². The molecule has 0 saturated carbocycles. The number of halogens is 6. The molecule has 2 aliphatic rings. The van der Waals surface area contributed by atoms with Gasteiger partial charge in [-0.05, 0) is 29.8 Å². The van der Waals surface area contributed by atoms with Crippen LogP contribution in [0.15, 0.2) is 64.6 Å². The van der Waals surface area contributed by atoms with Crippen LogP contribution >= 0.6 is 0 Å². The molecule has 0 spiro atoms. The van der Waals surface area contributed by atoms with Gasteiger partial charge in [0, 0.05) is 5.69 Å². The Labute approximate surface area is 161 Å². The number of nitrogens with zero attached hydrogens (tertiary/aromatic N) is 3. The Morgan fingerprint density at radius 1 is 0.862 bits per heavy atom. The van der Waals surface area contributed by atoms with E-state index < -0.39 is 36.0 Å². The lowest BCUT2D eigenvalue weighted by Gasteiger charge is -2.30. The average molecular weight is 412 g/mol. The second kappa shape index (κ2) is 6.87. The minimum atomic E-state index is -4.75. The molecule has 2 atom stereocenters. The molecule has 0 aliphatic carbocycles. The van der Waals surface area contributed by atoms with Crippen LogP contribution in [0, 0.1) is 0 Å². The Balaban J connectivity index is 1.72. The molecule has 152 valence electrons. The molecule has 0 amide bonds. The van der Waals surface area contributed by atoms with Crippen molar-refractivity contribution in [1.29, 1.82) is 0 Å². The van der Waals surface area contributed by atoms with Crippen LogP contribution in [0.3, 0.4) is 0 Å². The number of alkyl halides is 6. The zero-order valence-corrected chi connectivity index (χ0v) is 14.7. The fourth-order valence-corrected chi connectivity index (χ4v) is 3.37. The van der Waals surface area contributed by atoms with Gasteiger partial charge in [0.2, 0.25) is 5.84 Å². The third-order valence-electron chi connectivity index (χ3n) is 4.72. The maximum Gasteiger partial charge on any atom is 0.451 e. The number of hydrogen-bond donors (Lipinski definition) is 1. The van der Waals surface area contributed by atoms with Crippen molar-refractivity contribution >= 4 is 17.2 Å². The molecule has 1 fully saturated rings. The van der Waals surface area contributed by atoms with Crippen molar-refractivity contribution in [2.75, 3.05) is 11.6 Å². The van der Waals surface area contributed by atoms with Crippen LogP contribution in [0.2, 0.25) is 0 Å². The van der Waals surface area contributed by atoms with E-state index in [-0.39, 0.29) is 12.4 Å². The summed E-state index contributed by atoms with van der Waals surface area (Å²) in [4.78, 5) is 9.00. The second-order valence-electron chi connectivity index (χ2n) is 6.58. The van der Waals surface area contributed by atoms with Crippen molar-refractivity contribution < 1.29 is 26.3 Å². The lowest BCUT2D eigenvalue weighted by Crippen LogP contribution is -2.46. The molecule has 29 heavy (non-hydrogen) atoms. The van der Waals surface area contributed by atoms with E-state index in [2.05, 4.69) is 15.3 Å². The third-order valence-corrected chi connectivity index (χ3v) is 4.72. The molecule has 1 N–H and O–H groups in total. The van der Waals surface area contributed by atoms with Crippen LogP contribution in [-0.4, -0.2) is 36.6 Å². The predicted molar refractivity (Wildman–Crippen MR) is 96.0 cm³/mol. The minimum Gasteiger partial charge on any atom is -0.335 e. The van der Waals surface area contributed by atoms with Gasteiger partial charge in [0.15, 0.2) is 0 Å². The third kappa shape index (κ3) is 3.71. The molecular weight excluding hydrogens is 398 g/mol. The summed E-state index contributed by atoms with van der Waals surface area (Å²) in [7, 11) is 0. The van der Waals surface area contributed by atoms with Crippen LogP contribution in [-0.2, 0) is 6.18 Å². The number of rotatable bonds is 2. The zero-order chi connectivity index (χ0) is 20.8.